The Bertz CT molecular complexity index is 765. The first-order valence-electron chi connectivity index (χ1n) is 6.78. The molecule has 2 aromatic rings. The first-order chi connectivity index (χ1) is 9.91. The Morgan fingerprint density at radius 3 is 2.33 bits per heavy atom. The van der Waals surface area contributed by atoms with Gasteiger partial charge in [-0.3, -0.25) is 0 Å². The highest BCUT2D eigenvalue weighted by atomic mass is 35.5. The predicted molar refractivity (Wildman–Crippen MR) is 83.9 cm³/mol. The summed E-state index contributed by atoms with van der Waals surface area (Å²) >= 11 is 5.89. The molecule has 3 rings (SSSR count). The average molecular weight is 322 g/mol. The molecule has 0 aliphatic heterocycles. The lowest BCUT2D eigenvalue weighted by Crippen LogP contribution is -2.34. The molecule has 5 heteroatoms. The second-order valence-electron chi connectivity index (χ2n) is 5.51. The van der Waals surface area contributed by atoms with Crippen molar-refractivity contribution in [3.63, 3.8) is 0 Å². The van der Waals surface area contributed by atoms with Gasteiger partial charge in [0.2, 0.25) is 10.0 Å². The topological polar surface area (TPSA) is 46.2 Å². The van der Waals surface area contributed by atoms with Gasteiger partial charge in [0.1, 0.15) is 0 Å². The number of benzene rings is 2. The van der Waals surface area contributed by atoms with E-state index in [1.807, 2.05) is 25.1 Å². The molecule has 0 unspecified atom stereocenters. The smallest absolute Gasteiger partial charge is 0.207 e. The molecule has 1 fully saturated rings. The monoisotopic (exact) mass is 321 g/mol. The SMILES string of the molecule is Cc1cccc(S(=O)(=O)NC2(c3ccc(Cl)cc3)CC2)c1. The van der Waals surface area contributed by atoms with Crippen LogP contribution in [0.25, 0.3) is 0 Å². The Balaban J connectivity index is 1.90. The Morgan fingerprint density at radius 2 is 1.76 bits per heavy atom. The molecule has 1 saturated carbocycles. The fourth-order valence-corrected chi connectivity index (χ4v) is 4.12. The van der Waals surface area contributed by atoms with Gasteiger partial charge in [-0.15, -0.1) is 0 Å². The van der Waals surface area contributed by atoms with Crippen LogP contribution < -0.4 is 4.72 Å². The number of nitrogens with one attached hydrogen (secondary N) is 1. The highest BCUT2D eigenvalue weighted by Gasteiger charge is 2.47. The maximum Gasteiger partial charge on any atom is 0.241 e. The van der Waals surface area contributed by atoms with Crippen LogP contribution in [-0.4, -0.2) is 8.42 Å². The molecule has 0 saturated heterocycles. The summed E-state index contributed by atoms with van der Waals surface area (Å²) in [7, 11) is -3.52. The molecule has 0 spiro atoms. The van der Waals surface area contributed by atoms with Crippen molar-refractivity contribution in [1.29, 1.82) is 0 Å². The van der Waals surface area contributed by atoms with Crippen LogP contribution >= 0.6 is 11.6 Å². The molecule has 110 valence electrons. The molecule has 1 aliphatic rings. The van der Waals surface area contributed by atoms with Crippen molar-refractivity contribution in [1.82, 2.24) is 4.72 Å². The molecule has 1 aliphatic carbocycles. The summed E-state index contributed by atoms with van der Waals surface area (Å²) in [5, 5.41) is 0.649. The highest BCUT2D eigenvalue weighted by Crippen LogP contribution is 2.46. The number of hydrogen-bond acceptors (Lipinski definition) is 2. The number of aryl methyl sites for hydroxylation is 1. The van der Waals surface area contributed by atoms with E-state index in [1.54, 1.807) is 30.3 Å². The molecule has 0 aromatic heterocycles. The minimum Gasteiger partial charge on any atom is -0.207 e. The molecule has 1 N–H and O–H groups in total. The van der Waals surface area contributed by atoms with E-state index in [9.17, 15) is 8.42 Å². The van der Waals surface area contributed by atoms with E-state index in [0.717, 1.165) is 24.0 Å². The number of hydrogen-bond donors (Lipinski definition) is 1. The van der Waals surface area contributed by atoms with Crippen molar-refractivity contribution in [2.24, 2.45) is 0 Å². The van der Waals surface area contributed by atoms with Crippen LogP contribution in [-0.2, 0) is 15.6 Å². The predicted octanol–water partition coefficient (Wildman–Crippen LogP) is 3.62. The van der Waals surface area contributed by atoms with Crippen LogP contribution in [0.4, 0.5) is 0 Å². The Morgan fingerprint density at radius 1 is 1.10 bits per heavy atom. The van der Waals surface area contributed by atoms with Crippen LogP contribution in [0.2, 0.25) is 5.02 Å². The van der Waals surface area contributed by atoms with Crippen molar-refractivity contribution >= 4 is 21.6 Å². The molecule has 0 amide bonds. The molecule has 2 aromatic carbocycles. The van der Waals surface area contributed by atoms with Crippen LogP contribution in [0.5, 0.6) is 0 Å². The lowest BCUT2D eigenvalue weighted by Gasteiger charge is -2.18. The third kappa shape index (κ3) is 2.98. The van der Waals surface area contributed by atoms with E-state index in [1.165, 1.54) is 0 Å². The van der Waals surface area contributed by atoms with E-state index in [-0.39, 0.29) is 0 Å². The Labute approximate surface area is 130 Å². The maximum atomic E-state index is 12.5. The minimum atomic E-state index is -3.52. The quantitative estimate of drug-likeness (QED) is 0.935. The summed E-state index contributed by atoms with van der Waals surface area (Å²) in [5.41, 5.74) is 1.41. The third-order valence-corrected chi connectivity index (χ3v) is 5.56. The van der Waals surface area contributed by atoms with Crippen LogP contribution in [0.1, 0.15) is 24.0 Å². The van der Waals surface area contributed by atoms with E-state index in [4.69, 9.17) is 11.6 Å². The second kappa shape index (κ2) is 5.13. The fourth-order valence-electron chi connectivity index (χ4n) is 2.44. The Hall–Kier alpha value is -1.36. The third-order valence-electron chi connectivity index (χ3n) is 3.78. The molecule has 0 heterocycles. The molecular formula is C16H16ClNO2S. The van der Waals surface area contributed by atoms with E-state index in [2.05, 4.69) is 4.72 Å². The Kier molecular flexibility index (Phi) is 3.56. The first-order valence-corrected chi connectivity index (χ1v) is 8.64. The lowest BCUT2D eigenvalue weighted by atomic mass is 10.1. The van der Waals surface area contributed by atoms with E-state index < -0.39 is 15.6 Å². The van der Waals surface area contributed by atoms with Gasteiger partial charge >= 0.3 is 0 Å². The molecular weight excluding hydrogens is 306 g/mol. The van der Waals surface area contributed by atoms with E-state index >= 15 is 0 Å². The van der Waals surface area contributed by atoms with Gasteiger partial charge in [-0.25, -0.2) is 13.1 Å². The summed E-state index contributed by atoms with van der Waals surface area (Å²) in [4.78, 5) is 0.308. The van der Waals surface area contributed by atoms with Gasteiger partial charge in [0, 0.05) is 5.02 Å². The van der Waals surface area contributed by atoms with Gasteiger partial charge in [-0.05, 0) is 55.2 Å². The molecule has 21 heavy (non-hydrogen) atoms. The van der Waals surface area contributed by atoms with Gasteiger partial charge < -0.3 is 0 Å². The number of sulfonamides is 1. The van der Waals surface area contributed by atoms with Crippen molar-refractivity contribution in [2.75, 3.05) is 0 Å². The summed E-state index contributed by atoms with van der Waals surface area (Å²) in [5.74, 6) is 0. The number of rotatable bonds is 4. The zero-order valence-electron chi connectivity index (χ0n) is 11.6. The van der Waals surface area contributed by atoms with Gasteiger partial charge in [0.25, 0.3) is 0 Å². The maximum absolute atomic E-state index is 12.5. The summed E-state index contributed by atoms with van der Waals surface area (Å²) < 4.78 is 27.9. The highest BCUT2D eigenvalue weighted by molar-refractivity contribution is 7.89. The normalized spacial score (nSPS) is 16.7. The zero-order valence-corrected chi connectivity index (χ0v) is 13.2. The fraction of sp³-hybridized carbons (Fsp3) is 0.250. The van der Waals surface area contributed by atoms with Crippen LogP contribution in [0, 0.1) is 6.92 Å². The van der Waals surface area contributed by atoms with Crippen LogP contribution in [0.3, 0.4) is 0 Å². The standard InChI is InChI=1S/C16H16ClNO2S/c1-12-3-2-4-15(11-12)21(19,20)18-16(9-10-16)13-5-7-14(17)8-6-13/h2-8,11,18H,9-10H2,1H3. The van der Waals surface area contributed by atoms with Crippen molar-refractivity contribution in [3.05, 3.63) is 64.7 Å². The molecule has 0 radical (unpaired) electrons. The zero-order chi connectivity index (χ0) is 15.1. The summed E-state index contributed by atoms with van der Waals surface area (Å²) in [6.45, 7) is 1.88. The summed E-state index contributed by atoms with van der Waals surface area (Å²) in [6.07, 6.45) is 1.61. The largest absolute Gasteiger partial charge is 0.241 e. The summed E-state index contributed by atoms with van der Waals surface area (Å²) in [6, 6.07) is 14.3. The van der Waals surface area contributed by atoms with Gasteiger partial charge in [-0.2, -0.15) is 0 Å². The van der Waals surface area contributed by atoms with Gasteiger partial charge in [-0.1, -0.05) is 35.9 Å². The molecule has 0 bridgehead atoms. The first kappa shape index (κ1) is 14.6. The second-order valence-corrected chi connectivity index (χ2v) is 7.63. The molecule has 3 nitrogen and oxygen atoms in total. The van der Waals surface area contributed by atoms with Crippen molar-refractivity contribution in [3.8, 4) is 0 Å². The van der Waals surface area contributed by atoms with Gasteiger partial charge in [0.15, 0.2) is 0 Å². The van der Waals surface area contributed by atoms with Crippen LogP contribution in [0.15, 0.2) is 53.4 Å². The van der Waals surface area contributed by atoms with E-state index in [0.29, 0.717) is 9.92 Å². The van der Waals surface area contributed by atoms with Crippen molar-refractivity contribution in [2.45, 2.75) is 30.2 Å². The minimum absolute atomic E-state index is 0.308. The molecule has 0 atom stereocenters. The number of halogens is 1. The lowest BCUT2D eigenvalue weighted by molar-refractivity contribution is 0.551. The van der Waals surface area contributed by atoms with Gasteiger partial charge in [0.05, 0.1) is 10.4 Å². The average Bonchev–Trinajstić information content (AvgIpc) is 3.19. The van der Waals surface area contributed by atoms with Crippen molar-refractivity contribution < 1.29 is 8.42 Å².